The topological polar surface area (TPSA) is 101 Å². The molecule has 3 aromatic rings. The molecule has 0 atom stereocenters. The lowest BCUT2D eigenvalue weighted by Crippen LogP contribution is -2.48. The average Bonchev–Trinajstić information content (AvgIpc) is 3.52. The molecule has 0 radical (unpaired) electrons. The van der Waals surface area contributed by atoms with Gasteiger partial charge in [-0.25, -0.2) is 9.99 Å². The Labute approximate surface area is 201 Å². The Balaban J connectivity index is 1.21. The van der Waals surface area contributed by atoms with Gasteiger partial charge in [0.2, 0.25) is 0 Å². The van der Waals surface area contributed by atoms with Crippen LogP contribution in [0.1, 0.15) is 50.4 Å². The van der Waals surface area contributed by atoms with Gasteiger partial charge in [0.25, 0.3) is 11.8 Å². The lowest BCUT2D eigenvalue weighted by atomic mass is 9.96. The largest absolute Gasteiger partial charge is 0.379 e. The number of nitrogens with one attached hydrogen (secondary N) is 1. The summed E-state index contributed by atoms with van der Waals surface area (Å²) in [5, 5.41) is 8.78. The third-order valence-corrected chi connectivity index (χ3v) is 7.29. The fourth-order valence-electron chi connectivity index (χ4n) is 4.36. The Morgan fingerprint density at radius 1 is 1.09 bits per heavy atom. The van der Waals surface area contributed by atoms with Crippen LogP contribution in [0.4, 0.5) is 0 Å². The zero-order valence-electron chi connectivity index (χ0n) is 19.0. The zero-order valence-corrected chi connectivity index (χ0v) is 19.8. The number of nitrogens with zero attached hydrogens (tertiary/aromatic N) is 4. The molecule has 0 spiro atoms. The van der Waals surface area contributed by atoms with Gasteiger partial charge in [-0.3, -0.25) is 15.0 Å². The smallest absolute Gasteiger partial charge is 0.285 e. The summed E-state index contributed by atoms with van der Waals surface area (Å²) < 4.78 is 10.7. The molecule has 2 aromatic heterocycles. The summed E-state index contributed by atoms with van der Waals surface area (Å²) >= 11 is 1.51. The van der Waals surface area contributed by atoms with Crippen LogP contribution in [-0.2, 0) is 4.74 Å². The van der Waals surface area contributed by atoms with Crippen molar-refractivity contribution in [2.24, 2.45) is 0 Å². The van der Waals surface area contributed by atoms with Crippen molar-refractivity contribution in [1.82, 2.24) is 25.5 Å². The van der Waals surface area contributed by atoms with E-state index in [0.717, 1.165) is 23.4 Å². The molecule has 1 aromatic carbocycles. The van der Waals surface area contributed by atoms with Crippen molar-refractivity contribution in [1.29, 1.82) is 0 Å². The molecule has 0 unspecified atom stereocenters. The maximum atomic E-state index is 13.3. The Hall–Kier alpha value is -3.08. The lowest BCUT2D eigenvalue weighted by Gasteiger charge is -2.31. The van der Waals surface area contributed by atoms with Crippen molar-refractivity contribution in [3.8, 4) is 11.3 Å². The average molecular weight is 482 g/mol. The van der Waals surface area contributed by atoms with Crippen molar-refractivity contribution < 1.29 is 18.8 Å². The molecule has 9 nitrogen and oxygen atoms in total. The molecule has 0 aliphatic carbocycles. The van der Waals surface area contributed by atoms with Gasteiger partial charge in [0.1, 0.15) is 22.7 Å². The van der Waals surface area contributed by atoms with E-state index in [1.54, 1.807) is 6.92 Å². The molecule has 1 N–H and O–H groups in total. The number of benzene rings is 1. The van der Waals surface area contributed by atoms with Gasteiger partial charge in [-0.1, -0.05) is 35.5 Å². The number of hydrogen-bond donors (Lipinski definition) is 1. The van der Waals surface area contributed by atoms with Gasteiger partial charge in [0.05, 0.1) is 18.2 Å². The fourth-order valence-corrected chi connectivity index (χ4v) is 5.33. The molecule has 2 aliphatic heterocycles. The van der Waals surface area contributed by atoms with Crippen LogP contribution in [0.25, 0.3) is 11.3 Å². The summed E-state index contributed by atoms with van der Waals surface area (Å²) in [5.41, 5.74) is 5.32. The first-order valence-electron chi connectivity index (χ1n) is 11.5. The molecule has 0 saturated carbocycles. The number of hydrazine groups is 1. The number of rotatable bonds is 5. The van der Waals surface area contributed by atoms with Gasteiger partial charge >= 0.3 is 0 Å². The number of morpholine rings is 1. The molecule has 2 aliphatic rings. The first kappa shape index (κ1) is 22.7. The molecule has 10 heteroatoms. The number of piperidine rings is 1. The summed E-state index contributed by atoms with van der Waals surface area (Å²) in [6, 6.07) is 9.62. The number of hydrogen-bond acceptors (Lipinski definition) is 8. The molecule has 5 rings (SSSR count). The summed E-state index contributed by atoms with van der Waals surface area (Å²) in [4.78, 5) is 32.4. The molecular weight excluding hydrogens is 454 g/mol. The van der Waals surface area contributed by atoms with Crippen LogP contribution >= 0.6 is 11.3 Å². The minimum absolute atomic E-state index is 0.0548. The van der Waals surface area contributed by atoms with Crippen molar-refractivity contribution in [3.63, 3.8) is 0 Å². The standard InChI is InChI=1S/C24H27N5O4S/c1-16-20(21(27-33-16)17-5-3-2-4-6-17)24(31)28-9-7-18(8-10-28)23-25-19(15-34-23)22(30)26-29-11-13-32-14-12-29/h2-6,15,18H,7-14H2,1H3,(H,26,30). The van der Waals surface area contributed by atoms with Gasteiger partial charge < -0.3 is 14.2 Å². The summed E-state index contributed by atoms with van der Waals surface area (Å²) in [5.74, 6) is 0.520. The van der Waals surface area contributed by atoms with E-state index in [2.05, 4.69) is 15.6 Å². The number of aryl methyl sites for hydroxylation is 1. The maximum Gasteiger partial charge on any atom is 0.285 e. The molecule has 178 valence electrons. The number of amides is 2. The maximum absolute atomic E-state index is 13.3. The van der Waals surface area contributed by atoms with E-state index in [9.17, 15) is 9.59 Å². The third-order valence-electron chi connectivity index (χ3n) is 6.28. The van der Waals surface area contributed by atoms with Gasteiger partial charge in [-0.15, -0.1) is 11.3 Å². The number of likely N-dealkylation sites (tertiary alicyclic amines) is 1. The Morgan fingerprint density at radius 2 is 1.82 bits per heavy atom. The van der Waals surface area contributed by atoms with E-state index >= 15 is 0 Å². The number of carbonyl (C=O) groups excluding carboxylic acids is 2. The van der Waals surface area contributed by atoms with E-state index < -0.39 is 0 Å². The third kappa shape index (κ3) is 4.75. The van der Waals surface area contributed by atoms with Crippen LogP contribution in [0.3, 0.4) is 0 Å². The second kappa shape index (κ2) is 10.0. The minimum atomic E-state index is -0.187. The van der Waals surface area contributed by atoms with E-state index in [1.165, 1.54) is 11.3 Å². The van der Waals surface area contributed by atoms with E-state index in [4.69, 9.17) is 9.26 Å². The zero-order chi connectivity index (χ0) is 23.5. The van der Waals surface area contributed by atoms with Crippen molar-refractivity contribution in [3.05, 3.63) is 57.7 Å². The second-order valence-electron chi connectivity index (χ2n) is 8.51. The molecule has 2 saturated heterocycles. The first-order valence-corrected chi connectivity index (χ1v) is 12.4. The number of carbonyl (C=O) groups is 2. The highest BCUT2D eigenvalue weighted by Gasteiger charge is 2.31. The van der Waals surface area contributed by atoms with Gasteiger partial charge in [-0.05, 0) is 19.8 Å². The van der Waals surface area contributed by atoms with Crippen LogP contribution in [0.5, 0.6) is 0 Å². The Kier molecular flexibility index (Phi) is 6.70. The SMILES string of the molecule is Cc1onc(-c2ccccc2)c1C(=O)N1CCC(c2nc(C(=O)NN3CCOCC3)cs2)CC1. The van der Waals surface area contributed by atoms with Gasteiger partial charge in [-0.2, -0.15) is 0 Å². The number of aromatic nitrogens is 2. The van der Waals surface area contributed by atoms with E-state index in [0.29, 0.717) is 62.1 Å². The van der Waals surface area contributed by atoms with Crippen LogP contribution in [0.15, 0.2) is 40.2 Å². The van der Waals surface area contributed by atoms with Crippen LogP contribution in [0, 0.1) is 6.92 Å². The Morgan fingerprint density at radius 3 is 2.56 bits per heavy atom. The predicted octanol–water partition coefficient (Wildman–Crippen LogP) is 3.10. The first-order chi connectivity index (χ1) is 16.6. The summed E-state index contributed by atoms with van der Waals surface area (Å²) in [6.07, 6.45) is 1.60. The number of ether oxygens (including phenoxy) is 1. The van der Waals surface area contributed by atoms with Crippen LogP contribution in [-0.4, -0.2) is 71.3 Å². The quantitative estimate of drug-likeness (QED) is 0.598. The second-order valence-corrected chi connectivity index (χ2v) is 9.40. The van der Waals surface area contributed by atoms with Gasteiger partial charge in [0.15, 0.2) is 0 Å². The highest BCUT2D eigenvalue weighted by molar-refractivity contribution is 7.09. The van der Waals surface area contributed by atoms with Crippen molar-refractivity contribution in [2.45, 2.75) is 25.7 Å². The van der Waals surface area contributed by atoms with Crippen LogP contribution < -0.4 is 5.43 Å². The number of thiazole rings is 1. The summed E-state index contributed by atoms with van der Waals surface area (Å²) in [7, 11) is 0. The molecular formula is C24H27N5O4S. The normalized spacial score (nSPS) is 17.6. The van der Waals surface area contributed by atoms with E-state index in [1.807, 2.05) is 45.6 Å². The monoisotopic (exact) mass is 481 g/mol. The molecule has 0 bridgehead atoms. The van der Waals surface area contributed by atoms with Gasteiger partial charge in [0, 0.05) is 43.0 Å². The van der Waals surface area contributed by atoms with Crippen LogP contribution in [0.2, 0.25) is 0 Å². The predicted molar refractivity (Wildman–Crippen MR) is 127 cm³/mol. The van der Waals surface area contributed by atoms with Crippen molar-refractivity contribution in [2.75, 3.05) is 39.4 Å². The molecule has 4 heterocycles. The van der Waals surface area contributed by atoms with E-state index in [-0.39, 0.29) is 17.7 Å². The highest BCUT2D eigenvalue weighted by atomic mass is 32.1. The summed E-state index contributed by atoms with van der Waals surface area (Å²) in [6.45, 7) is 5.59. The highest BCUT2D eigenvalue weighted by Crippen LogP contribution is 2.32. The Bertz CT molecular complexity index is 1150. The molecule has 2 fully saturated rings. The molecule has 2 amide bonds. The van der Waals surface area contributed by atoms with Crippen molar-refractivity contribution >= 4 is 23.2 Å². The minimum Gasteiger partial charge on any atom is -0.379 e. The fraction of sp³-hybridized carbons (Fsp3) is 0.417. The lowest BCUT2D eigenvalue weighted by molar-refractivity contribution is 0.0125. The molecule has 34 heavy (non-hydrogen) atoms.